The zero-order chi connectivity index (χ0) is 16.6. The molecule has 1 saturated heterocycles. The summed E-state index contributed by atoms with van der Waals surface area (Å²) in [7, 11) is -3.74. The normalized spacial score (nSPS) is 19.1. The van der Waals surface area contributed by atoms with Crippen LogP contribution in [0.4, 0.5) is 5.82 Å². The Labute approximate surface area is 142 Å². The summed E-state index contributed by atoms with van der Waals surface area (Å²) in [5, 5.41) is 6.28. The largest absolute Gasteiger partial charge is 0.360 e. The molecule has 2 aromatic heterocycles. The van der Waals surface area contributed by atoms with Gasteiger partial charge in [0.2, 0.25) is 5.91 Å². The van der Waals surface area contributed by atoms with Crippen molar-refractivity contribution in [3.8, 4) is 0 Å². The smallest absolute Gasteiger partial charge is 0.253 e. The summed E-state index contributed by atoms with van der Waals surface area (Å²) in [5.74, 6) is 0.419. The van der Waals surface area contributed by atoms with Crippen LogP contribution < -0.4 is 5.32 Å². The molecule has 3 rings (SSSR count). The number of thiophene rings is 1. The summed E-state index contributed by atoms with van der Waals surface area (Å²) >= 11 is 6.80. The fourth-order valence-electron chi connectivity index (χ4n) is 2.48. The molecule has 1 N–H and O–H groups in total. The molecule has 23 heavy (non-hydrogen) atoms. The number of amides is 1. The van der Waals surface area contributed by atoms with Crippen LogP contribution in [0.1, 0.15) is 18.6 Å². The first kappa shape index (κ1) is 16.4. The lowest BCUT2D eigenvalue weighted by Crippen LogP contribution is -2.42. The highest BCUT2D eigenvalue weighted by Gasteiger charge is 2.40. The fourth-order valence-corrected chi connectivity index (χ4v) is 5.75. The van der Waals surface area contributed by atoms with E-state index < -0.39 is 22.0 Å². The van der Waals surface area contributed by atoms with Gasteiger partial charge in [-0.1, -0.05) is 16.8 Å². The molecule has 124 valence electrons. The number of rotatable bonds is 4. The van der Waals surface area contributed by atoms with Crippen LogP contribution in [0.2, 0.25) is 4.34 Å². The molecule has 1 amide bonds. The lowest BCUT2D eigenvalue weighted by molar-refractivity contribution is -0.119. The van der Waals surface area contributed by atoms with Crippen molar-refractivity contribution in [2.45, 2.75) is 30.0 Å². The maximum absolute atomic E-state index is 12.7. The maximum Gasteiger partial charge on any atom is 0.253 e. The van der Waals surface area contributed by atoms with E-state index in [1.807, 2.05) is 0 Å². The topological polar surface area (TPSA) is 92.5 Å². The summed E-state index contributed by atoms with van der Waals surface area (Å²) in [6, 6.07) is 3.79. The van der Waals surface area contributed by atoms with Crippen LogP contribution in [0.3, 0.4) is 0 Å². The van der Waals surface area contributed by atoms with Gasteiger partial charge in [-0.25, -0.2) is 8.42 Å². The van der Waals surface area contributed by atoms with E-state index in [4.69, 9.17) is 16.1 Å². The van der Waals surface area contributed by atoms with Gasteiger partial charge in [0.1, 0.15) is 16.0 Å². The van der Waals surface area contributed by atoms with E-state index in [9.17, 15) is 13.2 Å². The fraction of sp³-hybridized carbons (Fsp3) is 0.385. The molecule has 2 aromatic rings. The molecule has 0 saturated carbocycles. The van der Waals surface area contributed by atoms with Gasteiger partial charge >= 0.3 is 0 Å². The number of hydrogen-bond acceptors (Lipinski definition) is 6. The third kappa shape index (κ3) is 3.27. The van der Waals surface area contributed by atoms with E-state index in [2.05, 4.69) is 10.5 Å². The summed E-state index contributed by atoms with van der Waals surface area (Å²) < 4.78 is 32.0. The van der Waals surface area contributed by atoms with E-state index in [0.717, 1.165) is 11.3 Å². The van der Waals surface area contributed by atoms with Crippen molar-refractivity contribution < 1.29 is 17.7 Å². The standard InChI is InChI=1S/C13H14ClN3O4S2/c1-8-7-11(16-21-8)15-13(18)9-3-2-6-17(9)23(19,20)12-5-4-10(14)22-12/h4-5,7,9H,2-3,6H2,1H3,(H,15,16,18). The van der Waals surface area contributed by atoms with Crippen molar-refractivity contribution in [3.05, 3.63) is 28.3 Å². The lowest BCUT2D eigenvalue weighted by Gasteiger charge is -2.22. The Morgan fingerprint density at radius 2 is 2.30 bits per heavy atom. The number of sulfonamides is 1. The Kier molecular flexibility index (Phi) is 4.45. The van der Waals surface area contributed by atoms with Crippen LogP contribution in [0.25, 0.3) is 0 Å². The van der Waals surface area contributed by atoms with Crippen LogP contribution in [0.15, 0.2) is 26.9 Å². The minimum Gasteiger partial charge on any atom is -0.360 e. The van der Waals surface area contributed by atoms with Crippen molar-refractivity contribution in [1.82, 2.24) is 9.46 Å². The van der Waals surface area contributed by atoms with Crippen LogP contribution in [-0.4, -0.2) is 36.4 Å². The molecule has 10 heteroatoms. The highest BCUT2D eigenvalue weighted by atomic mass is 35.5. The first-order valence-electron chi connectivity index (χ1n) is 6.89. The van der Waals surface area contributed by atoms with Gasteiger partial charge in [-0.3, -0.25) is 4.79 Å². The summed E-state index contributed by atoms with van der Waals surface area (Å²) in [5.41, 5.74) is 0. The second-order valence-electron chi connectivity index (χ2n) is 5.14. The second-order valence-corrected chi connectivity index (χ2v) is 8.98. The number of hydrogen-bond donors (Lipinski definition) is 1. The number of carbonyl (C=O) groups excluding carboxylic acids is 1. The molecule has 0 radical (unpaired) electrons. The molecule has 0 bridgehead atoms. The number of aryl methyl sites for hydroxylation is 1. The van der Waals surface area contributed by atoms with Crippen molar-refractivity contribution in [2.24, 2.45) is 0 Å². The number of anilines is 1. The quantitative estimate of drug-likeness (QED) is 0.886. The Morgan fingerprint density at radius 1 is 1.52 bits per heavy atom. The van der Waals surface area contributed by atoms with Crippen molar-refractivity contribution in [1.29, 1.82) is 0 Å². The van der Waals surface area contributed by atoms with E-state index in [-0.39, 0.29) is 10.0 Å². The Balaban J connectivity index is 1.81. The highest BCUT2D eigenvalue weighted by molar-refractivity contribution is 7.91. The lowest BCUT2D eigenvalue weighted by atomic mass is 10.2. The SMILES string of the molecule is Cc1cc(NC(=O)C2CCCN2S(=O)(=O)c2ccc(Cl)s2)no1. The maximum atomic E-state index is 12.7. The summed E-state index contributed by atoms with van der Waals surface area (Å²) in [6.07, 6.45) is 1.08. The van der Waals surface area contributed by atoms with Gasteiger partial charge in [0.05, 0.1) is 4.34 Å². The van der Waals surface area contributed by atoms with E-state index in [1.54, 1.807) is 13.0 Å². The predicted molar refractivity (Wildman–Crippen MR) is 86.1 cm³/mol. The molecule has 1 unspecified atom stereocenters. The van der Waals surface area contributed by atoms with Crippen molar-refractivity contribution in [2.75, 3.05) is 11.9 Å². The minimum atomic E-state index is -3.74. The van der Waals surface area contributed by atoms with Crippen LogP contribution in [0, 0.1) is 6.92 Å². The van der Waals surface area contributed by atoms with Gasteiger partial charge in [0, 0.05) is 12.6 Å². The van der Waals surface area contributed by atoms with Gasteiger partial charge in [0.15, 0.2) is 5.82 Å². The average molecular weight is 376 g/mol. The number of nitrogens with one attached hydrogen (secondary N) is 1. The average Bonchev–Trinajstić information content (AvgIpc) is 3.19. The molecule has 1 aliphatic rings. The predicted octanol–water partition coefficient (Wildman–Crippen LogP) is 2.49. The third-order valence-corrected chi connectivity index (χ3v) is 7.10. The van der Waals surface area contributed by atoms with E-state index in [1.165, 1.54) is 16.4 Å². The van der Waals surface area contributed by atoms with Crippen molar-refractivity contribution >= 4 is 44.7 Å². The molecule has 1 atom stereocenters. The van der Waals surface area contributed by atoms with Gasteiger partial charge in [-0.2, -0.15) is 4.31 Å². The molecule has 1 fully saturated rings. The molecule has 1 aliphatic heterocycles. The van der Waals surface area contributed by atoms with Crippen LogP contribution >= 0.6 is 22.9 Å². The number of nitrogens with zero attached hydrogens (tertiary/aromatic N) is 2. The Hall–Kier alpha value is -1.42. The zero-order valence-corrected chi connectivity index (χ0v) is 14.5. The van der Waals surface area contributed by atoms with Gasteiger partial charge in [-0.15, -0.1) is 11.3 Å². The second kappa shape index (κ2) is 6.23. The zero-order valence-electron chi connectivity index (χ0n) is 12.2. The highest BCUT2D eigenvalue weighted by Crippen LogP contribution is 2.32. The van der Waals surface area contributed by atoms with Gasteiger partial charge < -0.3 is 9.84 Å². The third-order valence-electron chi connectivity index (χ3n) is 3.50. The summed E-state index contributed by atoms with van der Waals surface area (Å²) in [6.45, 7) is 2.00. The minimum absolute atomic E-state index is 0.138. The molecule has 7 nitrogen and oxygen atoms in total. The molecule has 0 spiro atoms. The number of aromatic nitrogens is 1. The molecular weight excluding hydrogens is 362 g/mol. The van der Waals surface area contributed by atoms with Crippen LogP contribution in [-0.2, 0) is 14.8 Å². The molecule has 0 aliphatic carbocycles. The van der Waals surface area contributed by atoms with E-state index in [0.29, 0.717) is 29.5 Å². The Bertz CT molecular complexity index is 830. The van der Waals surface area contributed by atoms with Gasteiger partial charge in [-0.05, 0) is 31.9 Å². The first-order valence-corrected chi connectivity index (χ1v) is 9.53. The molecular formula is C13H14ClN3O4S2. The van der Waals surface area contributed by atoms with E-state index >= 15 is 0 Å². The van der Waals surface area contributed by atoms with Crippen LogP contribution in [0.5, 0.6) is 0 Å². The Morgan fingerprint density at radius 3 is 2.91 bits per heavy atom. The molecule has 0 aromatic carbocycles. The first-order chi connectivity index (χ1) is 10.9. The number of halogens is 1. The summed E-state index contributed by atoms with van der Waals surface area (Å²) in [4.78, 5) is 12.4. The monoisotopic (exact) mass is 375 g/mol. The van der Waals surface area contributed by atoms with Crippen molar-refractivity contribution in [3.63, 3.8) is 0 Å². The number of carbonyl (C=O) groups is 1. The van der Waals surface area contributed by atoms with Gasteiger partial charge in [0.25, 0.3) is 10.0 Å². The molecule has 3 heterocycles.